The van der Waals surface area contributed by atoms with Crippen LogP contribution in [-0.4, -0.2) is 18.4 Å². The van der Waals surface area contributed by atoms with E-state index in [0.717, 1.165) is 17.4 Å². The quantitative estimate of drug-likeness (QED) is 0.489. The monoisotopic (exact) mass is 316 g/mol. The summed E-state index contributed by atoms with van der Waals surface area (Å²) >= 11 is 0.866. The van der Waals surface area contributed by atoms with Gasteiger partial charge in [-0.15, -0.1) is 11.3 Å². The number of hydrogen-bond donors (Lipinski definition) is 0. The Kier molecular flexibility index (Phi) is 4.04. The average molecular weight is 316 g/mol. The van der Waals surface area contributed by atoms with E-state index < -0.39 is 23.5 Å². The number of Topliss-reactive ketones (excluding diaryl/α,β-unsaturated/α-hetero) is 1. The van der Waals surface area contributed by atoms with Crippen LogP contribution in [0.5, 0.6) is 0 Å². The number of fused-ring (bicyclic) bond motifs is 1. The summed E-state index contributed by atoms with van der Waals surface area (Å²) in [5.41, 5.74) is -0.655. The molecule has 0 saturated heterocycles. The van der Waals surface area contributed by atoms with Crippen molar-refractivity contribution < 1.29 is 27.5 Å². The fraction of sp³-hybridized carbons (Fsp3) is 0.286. The maximum absolute atomic E-state index is 13.0. The highest BCUT2D eigenvalue weighted by Crippen LogP contribution is 2.40. The van der Waals surface area contributed by atoms with Crippen molar-refractivity contribution in [2.24, 2.45) is 0 Å². The standard InChI is InChI=1S/C14H11F3O3S/c1-3-20-13(19)11(18)12-7(2)10-8(14(15,16)17)5-4-6-9(10)21-12/h4-6H,3H2,1-2H3. The molecule has 7 heteroatoms. The number of ketones is 1. The zero-order valence-corrected chi connectivity index (χ0v) is 12.0. The number of thiophene rings is 1. The van der Waals surface area contributed by atoms with Crippen LogP contribution in [0.1, 0.15) is 27.7 Å². The van der Waals surface area contributed by atoms with Crippen LogP contribution in [0, 0.1) is 6.92 Å². The van der Waals surface area contributed by atoms with Gasteiger partial charge < -0.3 is 4.74 Å². The lowest BCUT2D eigenvalue weighted by molar-refractivity contribution is -0.137. The zero-order valence-electron chi connectivity index (χ0n) is 11.2. The Labute approximate surface area is 122 Å². The largest absolute Gasteiger partial charge is 0.460 e. The van der Waals surface area contributed by atoms with Gasteiger partial charge in [0.15, 0.2) is 0 Å². The van der Waals surface area contributed by atoms with Gasteiger partial charge in [0, 0.05) is 10.1 Å². The molecule has 1 heterocycles. The molecule has 1 aromatic carbocycles. The summed E-state index contributed by atoms with van der Waals surface area (Å²) in [5, 5.41) is -0.0392. The highest BCUT2D eigenvalue weighted by Gasteiger charge is 2.35. The molecule has 0 spiro atoms. The third-order valence-electron chi connectivity index (χ3n) is 2.93. The van der Waals surface area contributed by atoms with Crippen LogP contribution in [0.25, 0.3) is 10.1 Å². The van der Waals surface area contributed by atoms with Gasteiger partial charge in [0.2, 0.25) is 0 Å². The molecule has 0 unspecified atom stereocenters. The molecule has 1 aromatic heterocycles. The van der Waals surface area contributed by atoms with E-state index in [4.69, 9.17) is 0 Å². The maximum atomic E-state index is 13.0. The Balaban J connectivity index is 2.62. The van der Waals surface area contributed by atoms with Crippen molar-refractivity contribution in [2.75, 3.05) is 6.61 Å². The highest BCUT2D eigenvalue weighted by atomic mass is 32.1. The maximum Gasteiger partial charge on any atom is 0.417 e. The van der Waals surface area contributed by atoms with Crippen LogP contribution >= 0.6 is 11.3 Å². The van der Waals surface area contributed by atoms with E-state index in [0.29, 0.717) is 4.70 Å². The van der Waals surface area contributed by atoms with Gasteiger partial charge in [-0.2, -0.15) is 13.2 Å². The van der Waals surface area contributed by atoms with E-state index in [-0.39, 0.29) is 22.4 Å². The Morgan fingerprint density at radius 2 is 1.95 bits per heavy atom. The second kappa shape index (κ2) is 5.48. The summed E-state index contributed by atoms with van der Waals surface area (Å²) in [6, 6.07) is 3.73. The van der Waals surface area contributed by atoms with E-state index in [9.17, 15) is 22.8 Å². The van der Waals surface area contributed by atoms with Crippen LogP contribution in [-0.2, 0) is 15.7 Å². The van der Waals surface area contributed by atoms with Gasteiger partial charge in [-0.25, -0.2) is 4.79 Å². The third kappa shape index (κ3) is 2.78. The van der Waals surface area contributed by atoms with Crippen molar-refractivity contribution in [1.29, 1.82) is 0 Å². The van der Waals surface area contributed by atoms with Crippen LogP contribution in [0.3, 0.4) is 0 Å². The number of benzene rings is 1. The number of esters is 1. The van der Waals surface area contributed by atoms with Crippen molar-refractivity contribution in [3.05, 3.63) is 34.2 Å². The summed E-state index contributed by atoms with van der Waals surface area (Å²) in [4.78, 5) is 23.4. The fourth-order valence-electron chi connectivity index (χ4n) is 2.05. The van der Waals surface area contributed by atoms with Crippen LogP contribution in [0.4, 0.5) is 13.2 Å². The summed E-state index contributed by atoms with van der Waals surface area (Å²) in [6.45, 7) is 2.98. The predicted octanol–water partition coefficient (Wildman–Crippen LogP) is 3.97. The highest BCUT2D eigenvalue weighted by molar-refractivity contribution is 7.21. The minimum absolute atomic E-state index is 0.0137. The second-order valence-corrected chi connectivity index (χ2v) is 5.33. The van der Waals surface area contributed by atoms with Crippen LogP contribution in [0.2, 0.25) is 0 Å². The van der Waals surface area contributed by atoms with Gasteiger partial charge in [-0.3, -0.25) is 4.79 Å². The summed E-state index contributed by atoms with van der Waals surface area (Å²) in [5.74, 6) is -1.97. The number of ether oxygens (including phenoxy) is 1. The summed E-state index contributed by atoms with van der Waals surface area (Å²) in [7, 11) is 0. The number of hydrogen-bond acceptors (Lipinski definition) is 4. The normalized spacial score (nSPS) is 11.7. The topological polar surface area (TPSA) is 43.4 Å². The van der Waals surface area contributed by atoms with Gasteiger partial charge in [-0.05, 0) is 31.5 Å². The third-order valence-corrected chi connectivity index (χ3v) is 4.18. The predicted molar refractivity (Wildman–Crippen MR) is 72.5 cm³/mol. The molecule has 0 N–H and O–H groups in total. The first-order chi connectivity index (χ1) is 9.77. The van der Waals surface area contributed by atoms with Crippen LogP contribution in [0.15, 0.2) is 18.2 Å². The van der Waals surface area contributed by atoms with Crippen molar-refractivity contribution in [3.63, 3.8) is 0 Å². The first-order valence-corrected chi connectivity index (χ1v) is 6.89. The van der Waals surface area contributed by atoms with Crippen molar-refractivity contribution in [3.8, 4) is 0 Å². The first kappa shape index (κ1) is 15.5. The summed E-state index contributed by atoms with van der Waals surface area (Å²) < 4.78 is 44.0. The zero-order chi connectivity index (χ0) is 15.8. The molecule has 0 atom stereocenters. The smallest absolute Gasteiger partial charge is 0.417 e. The molecule has 0 fully saturated rings. The first-order valence-electron chi connectivity index (χ1n) is 6.08. The van der Waals surface area contributed by atoms with Crippen molar-refractivity contribution in [2.45, 2.75) is 20.0 Å². The number of alkyl halides is 3. The van der Waals surface area contributed by atoms with Gasteiger partial charge in [0.25, 0.3) is 5.78 Å². The molecule has 0 aliphatic heterocycles. The van der Waals surface area contributed by atoms with Crippen molar-refractivity contribution >= 4 is 33.2 Å². The minimum atomic E-state index is -4.52. The number of rotatable bonds is 3. The number of carbonyl (C=O) groups is 2. The molecule has 0 saturated carbocycles. The second-order valence-electron chi connectivity index (χ2n) is 4.28. The lowest BCUT2D eigenvalue weighted by atomic mass is 10.0. The summed E-state index contributed by atoms with van der Waals surface area (Å²) in [6.07, 6.45) is -4.52. The van der Waals surface area contributed by atoms with E-state index >= 15 is 0 Å². The molecule has 0 aliphatic rings. The number of carbonyl (C=O) groups excluding carboxylic acids is 2. The Hall–Kier alpha value is -1.89. The lowest BCUT2D eigenvalue weighted by Crippen LogP contribution is -2.17. The molecule has 2 rings (SSSR count). The van der Waals surface area contributed by atoms with E-state index in [1.54, 1.807) is 6.92 Å². The lowest BCUT2D eigenvalue weighted by Gasteiger charge is -2.08. The number of halogens is 3. The van der Waals surface area contributed by atoms with Crippen LogP contribution < -0.4 is 0 Å². The molecule has 112 valence electrons. The molecule has 0 radical (unpaired) electrons. The molecule has 0 bridgehead atoms. The Morgan fingerprint density at radius 1 is 1.29 bits per heavy atom. The van der Waals surface area contributed by atoms with E-state index in [1.807, 2.05) is 0 Å². The molecular formula is C14H11F3O3S. The minimum Gasteiger partial charge on any atom is -0.460 e. The SMILES string of the molecule is CCOC(=O)C(=O)c1sc2cccc(C(F)(F)F)c2c1C. The molecule has 21 heavy (non-hydrogen) atoms. The molecule has 3 nitrogen and oxygen atoms in total. The Bertz CT molecular complexity index is 716. The average Bonchev–Trinajstić information content (AvgIpc) is 2.74. The van der Waals surface area contributed by atoms with Gasteiger partial charge >= 0.3 is 12.1 Å². The van der Waals surface area contributed by atoms with E-state index in [2.05, 4.69) is 4.74 Å². The molecular weight excluding hydrogens is 305 g/mol. The Morgan fingerprint density at radius 3 is 2.52 bits per heavy atom. The molecule has 0 amide bonds. The van der Waals surface area contributed by atoms with Crippen molar-refractivity contribution in [1.82, 2.24) is 0 Å². The fourth-order valence-corrected chi connectivity index (χ4v) is 3.21. The molecule has 2 aromatic rings. The van der Waals surface area contributed by atoms with Gasteiger partial charge in [-0.1, -0.05) is 6.07 Å². The molecule has 0 aliphatic carbocycles. The van der Waals surface area contributed by atoms with E-state index in [1.165, 1.54) is 19.1 Å². The number of aryl methyl sites for hydroxylation is 1. The van der Waals surface area contributed by atoms with Gasteiger partial charge in [0.1, 0.15) is 0 Å². The van der Waals surface area contributed by atoms with Gasteiger partial charge in [0.05, 0.1) is 17.0 Å².